The molecule has 1 fully saturated rings. The molecule has 5 heteroatoms. The minimum Gasteiger partial charge on any atom is -0.309 e. The Kier molecular flexibility index (Phi) is 7.81. The molecule has 1 aliphatic heterocycles. The lowest BCUT2D eigenvalue weighted by molar-refractivity contribution is 0.436. The maximum Gasteiger partial charge on any atom is 0.172 e. The number of rotatable bonds is 5. The fourth-order valence-electron chi connectivity index (χ4n) is 8.71. The van der Waals surface area contributed by atoms with Crippen LogP contribution in [0.5, 0.6) is 0 Å². The van der Waals surface area contributed by atoms with Crippen molar-refractivity contribution in [3.05, 3.63) is 169 Å². The number of nitrogens with zero attached hydrogens (tertiary/aromatic N) is 3. The molecule has 53 heavy (non-hydrogen) atoms. The van der Waals surface area contributed by atoms with Crippen LogP contribution in [-0.4, -0.2) is 14.5 Å². The highest BCUT2D eigenvalue weighted by atomic mass is 31.2. The Balaban J connectivity index is 1.18. The van der Waals surface area contributed by atoms with Gasteiger partial charge in [-0.05, 0) is 42.7 Å². The molecule has 2 aliphatic rings. The van der Waals surface area contributed by atoms with Gasteiger partial charge in [0.15, 0.2) is 13.0 Å². The molecular weight excluding hydrogens is 666 g/mol. The molecule has 8 aromatic rings. The van der Waals surface area contributed by atoms with Crippen molar-refractivity contribution in [3.63, 3.8) is 0 Å². The summed E-state index contributed by atoms with van der Waals surface area (Å²) in [5, 5.41) is 3.72. The third-order valence-electron chi connectivity index (χ3n) is 11.2. The zero-order valence-corrected chi connectivity index (χ0v) is 30.3. The summed E-state index contributed by atoms with van der Waals surface area (Å²) in [5.41, 5.74) is 10.5. The molecule has 2 aromatic heterocycles. The van der Waals surface area contributed by atoms with Gasteiger partial charge in [-0.2, -0.15) is 0 Å². The van der Waals surface area contributed by atoms with Crippen molar-refractivity contribution in [2.45, 2.75) is 38.0 Å². The Morgan fingerprint density at radius 1 is 0.566 bits per heavy atom. The molecule has 1 atom stereocenters. The lowest BCUT2D eigenvalue weighted by Crippen LogP contribution is -2.26. The van der Waals surface area contributed by atoms with Crippen molar-refractivity contribution in [3.8, 4) is 50.7 Å². The highest BCUT2D eigenvalue weighted by Gasteiger charge is 2.39. The van der Waals surface area contributed by atoms with Gasteiger partial charge in [-0.15, -0.1) is 0 Å². The molecule has 0 spiro atoms. The van der Waals surface area contributed by atoms with Crippen LogP contribution in [0.25, 0.3) is 61.6 Å². The largest absolute Gasteiger partial charge is 0.309 e. The SMILES string of the molecule is O=P1(c2ccccc2)c2ccccc2-c2c(n(-c3ccc(-c4cc(C5CCCCC5)nc(-c5ccccc5)n4)cc3)c3ccccc23)-c2ccccc21. The predicted molar refractivity (Wildman–Crippen MR) is 219 cm³/mol. The van der Waals surface area contributed by atoms with Crippen molar-refractivity contribution in [1.29, 1.82) is 0 Å². The molecule has 256 valence electrons. The number of fused-ring (bicyclic) bond motifs is 7. The lowest BCUT2D eigenvalue weighted by Gasteiger charge is -2.22. The van der Waals surface area contributed by atoms with E-state index in [0.29, 0.717) is 5.92 Å². The monoisotopic (exact) mass is 703 g/mol. The number of hydrogen-bond acceptors (Lipinski definition) is 3. The first kappa shape index (κ1) is 31.9. The average molecular weight is 704 g/mol. The van der Waals surface area contributed by atoms with Gasteiger partial charge < -0.3 is 9.13 Å². The van der Waals surface area contributed by atoms with Crippen LogP contribution < -0.4 is 15.9 Å². The summed E-state index contributed by atoms with van der Waals surface area (Å²) in [7, 11) is -3.25. The summed E-state index contributed by atoms with van der Waals surface area (Å²) in [6.07, 6.45) is 6.17. The lowest BCUT2D eigenvalue weighted by atomic mass is 9.86. The summed E-state index contributed by atoms with van der Waals surface area (Å²) in [6.45, 7) is 0. The highest BCUT2D eigenvalue weighted by Crippen LogP contribution is 2.54. The van der Waals surface area contributed by atoms with Crippen LogP contribution in [0.1, 0.15) is 43.7 Å². The quantitative estimate of drug-likeness (QED) is 0.168. The first-order chi connectivity index (χ1) is 26.2. The third kappa shape index (κ3) is 5.24. The maximum absolute atomic E-state index is 15.9. The third-order valence-corrected chi connectivity index (χ3v) is 14.4. The summed E-state index contributed by atoms with van der Waals surface area (Å²) >= 11 is 0. The molecule has 0 N–H and O–H groups in total. The van der Waals surface area contributed by atoms with E-state index in [1.807, 2.05) is 48.5 Å². The van der Waals surface area contributed by atoms with Crippen molar-refractivity contribution in [1.82, 2.24) is 14.5 Å². The molecule has 4 nitrogen and oxygen atoms in total. The van der Waals surface area contributed by atoms with E-state index >= 15 is 4.57 Å². The topological polar surface area (TPSA) is 47.8 Å². The molecule has 1 aliphatic carbocycles. The van der Waals surface area contributed by atoms with E-state index in [1.54, 1.807) is 0 Å². The highest BCUT2D eigenvalue weighted by molar-refractivity contribution is 7.85. The zero-order valence-electron chi connectivity index (χ0n) is 29.4. The molecule has 1 unspecified atom stereocenters. The summed E-state index contributed by atoms with van der Waals surface area (Å²) in [6, 6.07) is 56.7. The minimum atomic E-state index is -3.25. The Morgan fingerprint density at radius 2 is 1.19 bits per heavy atom. The molecule has 0 radical (unpaired) electrons. The molecule has 10 rings (SSSR count). The minimum absolute atomic E-state index is 0.462. The Hall–Kier alpha value is -5.83. The van der Waals surface area contributed by atoms with Gasteiger partial charge in [0.25, 0.3) is 0 Å². The maximum atomic E-state index is 15.9. The van der Waals surface area contributed by atoms with Crippen LogP contribution in [-0.2, 0) is 4.57 Å². The van der Waals surface area contributed by atoms with Gasteiger partial charge >= 0.3 is 0 Å². The number of para-hydroxylation sites is 1. The van der Waals surface area contributed by atoms with Crippen LogP contribution in [0.4, 0.5) is 0 Å². The van der Waals surface area contributed by atoms with Crippen molar-refractivity contribution in [2.75, 3.05) is 0 Å². The van der Waals surface area contributed by atoms with E-state index < -0.39 is 7.14 Å². The van der Waals surface area contributed by atoms with Crippen molar-refractivity contribution in [2.24, 2.45) is 0 Å². The molecule has 0 bridgehead atoms. The second-order valence-corrected chi connectivity index (χ2v) is 17.0. The smallest absolute Gasteiger partial charge is 0.172 e. The summed E-state index contributed by atoms with van der Waals surface area (Å²) in [4.78, 5) is 10.3. The first-order valence-electron chi connectivity index (χ1n) is 18.7. The number of benzene rings is 6. The zero-order chi connectivity index (χ0) is 35.4. The number of hydrogen-bond donors (Lipinski definition) is 0. The second kappa shape index (κ2) is 13.0. The predicted octanol–water partition coefficient (Wildman–Crippen LogP) is 11.1. The summed E-state index contributed by atoms with van der Waals surface area (Å²) < 4.78 is 18.3. The van der Waals surface area contributed by atoms with Gasteiger partial charge in [-0.25, -0.2) is 9.97 Å². The van der Waals surface area contributed by atoms with E-state index in [0.717, 1.165) is 83.2 Å². The number of aromatic nitrogens is 3. The van der Waals surface area contributed by atoms with Gasteiger partial charge in [-0.3, -0.25) is 0 Å². The van der Waals surface area contributed by atoms with Crippen LogP contribution in [0.15, 0.2) is 164 Å². The molecule has 1 saturated carbocycles. The summed E-state index contributed by atoms with van der Waals surface area (Å²) in [5.74, 6) is 1.25. The standard InChI is InChI=1S/C48H38N3OP/c52-53(37-20-8-3-9-21-37)44-26-14-11-23-39(44)46-38-22-10-13-25-43(38)51(47(46)40-24-12-15-27-45(40)53)36-30-28-34(29-31-36)42-32-41(33-16-4-1-5-17-33)49-48(50-42)35-18-6-2-7-19-35/h2-3,6-15,18-33H,1,4-5,16-17H2. The van der Waals surface area contributed by atoms with E-state index in [9.17, 15) is 0 Å². The second-order valence-electron chi connectivity index (χ2n) is 14.3. The van der Waals surface area contributed by atoms with Gasteiger partial charge in [0.2, 0.25) is 0 Å². The Morgan fingerprint density at radius 3 is 1.94 bits per heavy atom. The average Bonchev–Trinajstić information content (AvgIpc) is 3.55. The van der Waals surface area contributed by atoms with Gasteiger partial charge in [-0.1, -0.05) is 159 Å². The van der Waals surface area contributed by atoms with Crippen molar-refractivity contribution < 1.29 is 4.57 Å². The molecule has 0 amide bonds. The molecule has 0 saturated heterocycles. The molecule has 6 aromatic carbocycles. The van der Waals surface area contributed by atoms with Crippen LogP contribution in [0, 0.1) is 0 Å². The fourth-order valence-corrected chi connectivity index (χ4v) is 11.8. The van der Waals surface area contributed by atoms with Gasteiger partial charge in [0.05, 0.1) is 16.9 Å². The normalized spacial score (nSPS) is 16.8. The molecule has 3 heterocycles. The first-order valence-corrected chi connectivity index (χ1v) is 20.4. The van der Waals surface area contributed by atoms with E-state index in [-0.39, 0.29) is 0 Å². The Labute approximate surface area is 310 Å². The van der Waals surface area contributed by atoms with E-state index in [4.69, 9.17) is 9.97 Å². The van der Waals surface area contributed by atoms with E-state index in [2.05, 4.69) is 120 Å². The van der Waals surface area contributed by atoms with Crippen LogP contribution >= 0.6 is 7.14 Å². The Bertz CT molecular complexity index is 2680. The molecular formula is C48H38N3OP. The van der Waals surface area contributed by atoms with Crippen LogP contribution in [0.3, 0.4) is 0 Å². The van der Waals surface area contributed by atoms with Crippen molar-refractivity contribution >= 4 is 34.0 Å². The van der Waals surface area contributed by atoms with Gasteiger partial charge in [0, 0.05) is 60.9 Å². The van der Waals surface area contributed by atoms with Crippen LogP contribution in [0.2, 0.25) is 0 Å². The fraction of sp³-hybridized carbons (Fsp3) is 0.125. The van der Waals surface area contributed by atoms with Gasteiger partial charge in [0.1, 0.15) is 0 Å². The van der Waals surface area contributed by atoms with E-state index in [1.165, 1.54) is 32.1 Å².